The van der Waals surface area contributed by atoms with Gasteiger partial charge in [-0.25, -0.2) is 4.99 Å². The lowest BCUT2D eigenvalue weighted by atomic mass is 10.2. The Labute approximate surface area is 114 Å². The summed E-state index contributed by atoms with van der Waals surface area (Å²) in [4.78, 5) is 3.88. The number of aliphatic imine (C=N–C) groups is 1. The number of nitrogens with zero attached hydrogens (tertiary/aromatic N) is 3. The van der Waals surface area contributed by atoms with Gasteiger partial charge in [0.2, 0.25) is 0 Å². The monoisotopic (exact) mass is 293 g/mol. The molecule has 3 N–H and O–H groups in total. The van der Waals surface area contributed by atoms with Crippen molar-refractivity contribution in [2.45, 2.75) is 25.7 Å². The fourth-order valence-electron chi connectivity index (χ4n) is 1.65. The number of aryl methyl sites for hydroxylation is 1. The minimum absolute atomic E-state index is 0.0239. The van der Waals surface area contributed by atoms with Crippen molar-refractivity contribution >= 4 is 5.96 Å². The minimum atomic E-state index is -4.50. The molecule has 0 fully saturated rings. The number of halogens is 3. The molecule has 0 spiro atoms. The van der Waals surface area contributed by atoms with Crippen LogP contribution >= 0.6 is 0 Å². The van der Waals surface area contributed by atoms with Crippen LogP contribution in [0.5, 0.6) is 0 Å². The third-order valence-corrected chi connectivity index (χ3v) is 2.40. The average Bonchev–Trinajstić information content (AvgIpc) is 2.68. The van der Waals surface area contributed by atoms with Gasteiger partial charge in [0.15, 0.2) is 11.7 Å². The molecular weight excluding hydrogens is 275 g/mol. The summed E-state index contributed by atoms with van der Waals surface area (Å²) in [5.74, 6) is 0.0616. The highest BCUT2D eigenvalue weighted by atomic mass is 19.4. The molecule has 0 amide bonds. The molecular formula is C11H18F3N5O. The lowest BCUT2D eigenvalue weighted by Crippen LogP contribution is -2.40. The molecule has 0 aliphatic rings. The van der Waals surface area contributed by atoms with E-state index in [1.54, 1.807) is 0 Å². The predicted octanol–water partition coefficient (Wildman–Crippen LogP) is 0.878. The summed E-state index contributed by atoms with van der Waals surface area (Å²) in [5.41, 5.74) is 4.63. The van der Waals surface area contributed by atoms with Gasteiger partial charge in [0, 0.05) is 32.0 Å². The summed E-state index contributed by atoms with van der Waals surface area (Å²) in [6.07, 6.45) is -3.23. The average molecular weight is 293 g/mol. The van der Waals surface area contributed by atoms with Crippen LogP contribution in [0.3, 0.4) is 0 Å². The Hall–Kier alpha value is -1.77. The van der Waals surface area contributed by atoms with Crippen molar-refractivity contribution in [1.82, 2.24) is 15.1 Å². The quantitative estimate of drug-likeness (QED) is 0.624. The fraction of sp³-hybridized carbons (Fsp3) is 0.636. The summed E-state index contributed by atoms with van der Waals surface area (Å²) in [6.45, 7) is 2.04. The van der Waals surface area contributed by atoms with Gasteiger partial charge in [0.05, 0.1) is 13.2 Å². The molecule has 0 aromatic carbocycles. The number of aromatic nitrogens is 2. The van der Waals surface area contributed by atoms with E-state index in [2.05, 4.69) is 15.4 Å². The second-order valence-corrected chi connectivity index (χ2v) is 4.38. The van der Waals surface area contributed by atoms with Gasteiger partial charge in [-0.2, -0.15) is 18.3 Å². The highest BCUT2D eigenvalue weighted by Crippen LogP contribution is 2.30. The Morgan fingerprint density at radius 1 is 1.60 bits per heavy atom. The normalized spacial score (nSPS) is 14.4. The third kappa shape index (κ3) is 4.72. The summed E-state index contributed by atoms with van der Waals surface area (Å²) in [5, 5.41) is 6.20. The van der Waals surface area contributed by atoms with Gasteiger partial charge >= 0.3 is 6.18 Å². The van der Waals surface area contributed by atoms with Crippen LogP contribution in [-0.2, 0) is 24.5 Å². The highest BCUT2D eigenvalue weighted by Gasteiger charge is 2.36. The van der Waals surface area contributed by atoms with Gasteiger partial charge in [-0.3, -0.25) is 4.68 Å². The molecule has 114 valence electrons. The SMILES string of the molecule is COCC(C)NC(N)=NCc1cn(C)nc1C(F)(F)F. The molecule has 1 heterocycles. The van der Waals surface area contributed by atoms with E-state index in [9.17, 15) is 13.2 Å². The second-order valence-electron chi connectivity index (χ2n) is 4.38. The first-order chi connectivity index (χ1) is 9.24. The molecule has 0 aliphatic carbocycles. The summed E-state index contributed by atoms with van der Waals surface area (Å²) < 4.78 is 44.1. The predicted molar refractivity (Wildman–Crippen MR) is 68.0 cm³/mol. The van der Waals surface area contributed by atoms with Gasteiger partial charge in [0.25, 0.3) is 0 Å². The Morgan fingerprint density at radius 2 is 2.25 bits per heavy atom. The molecule has 1 aromatic rings. The smallest absolute Gasteiger partial charge is 0.383 e. The van der Waals surface area contributed by atoms with Crippen molar-refractivity contribution in [1.29, 1.82) is 0 Å². The van der Waals surface area contributed by atoms with Crippen LogP contribution in [0.25, 0.3) is 0 Å². The van der Waals surface area contributed by atoms with Gasteiger partial charge < -0.3 is 15.8 Å². The number of guanidine groups is 1. The molecule has 9 heteroatoms. The molecule has 0 bridgehead atoms. The summed E-state index contributed by atoms with van der Waals surface area (Å²) in [6, 6.07) is -0.0836. The van der Waals surface area contributed by atoms with E-state index < -0.39 is 11.9 Å². The van der Waals surface area contributed by atoms with E-state index in [4.69, 9.17) is 10.5 Å². The second kappa shape index (κ2) is 6.60. The maximum atomic E-state index is 12.7. The molecule has 0 radical (unpaired) electrons. The van der Waals surface area contributed by atoms with E-state index in [0.717, 1.165) is 4.68 Å². The van der Waals surface area contributed by atoms with Crippen molar-refractivity contribution in [2.24, 2.45) is 17.8 Å². The fourth-order valence-corrected chi connectivity index (χ4v) is 1.65. The van der Waals surface area contributed by atoms with Crippen molar-refractivity contribution < 1.29 is 17.9 Å². The van der Waals surface area contributed by atoms with Crippen molar-refractivity contribution in [3.63, 3.8) is 0 Å². The lowest BCUT2D eigenvalue weighted by molar-refractivity contribution is -0.142. The molecule has 6 nitrogen and oxygen atoms in total. The number of hydrogen-bond acceptors (Lipinski definition) is 3. The van der Waals surface area contributed by atoms with E-state index in [-0.39, 0.29) is 24.1 Å². The zero-order valence-electron chi connectivity index (χ0n) is 11.5. The first-order valence-electron chi connectivity index (χ1n) is 5.89. The standard InChI is InChI=1S/C11H18F3N5O/c1-7(6-20-3)17-10(15)16-4-8-5-19(2)18-9(8)11(12,13)14/h5,7H,4,6H2,1-3H3,(H3,15,16,17). The van der Waals surface area contributed by atoms with E-state index >= 15 is 0 Å². The van der Waals surface area contributed by atoms with Crippen LogP contribution in [0.2, 0.25) is 0 Å². The Morgan fingerprint density at radius 3 is 2.80 bits per heavy atom. The first kappa shape index (κ1) is 16.3. The zero-order chi connectivity index (χ0) is 15.3. The molecule has 1 unspecified atom stereocenters. The van der Waals surface area contributed by atoms with Crippen molar-refractivity contribution in [3.8, 4) is 0 Å². The summed E-state index contributed by atoms with van der Waals surface area (Å²) >= 11 is 0. The Balaban J connectivity index is 2.74. The van der Waals surface area contributed by atoms with Crippen LogP contribution < -0.4 is 11.1 Å². The number of ether oxygens (including phenoxy) is 1. The van der Waals surface area contributed by atoms with Crippen molar-refractivity contribution in [2.75, 3.05) is 13.7 Å². The molecule has 0 saturated heterocycles. The summed E-state index contributed by atoms with van der Waals surface area (Å²) in [7, 11) is 2.96. The first-order valence-corrected chi connectivity index (χ1v) is 5.89. The van der Waals surface area contributed by atoms with Gasteiger partial charge in [-0.15, -0.1) is 0 Å². The van der Waals surface area contributed by atoms with Crippen LogP contribution in [0.4, 0.5) is 13.2 Å². The van der Waals surface area contributed by atoms with E-state index in [0.29, 0.717) is 6.61 Å². The molecule has 1 aromatic heterocycles. The topological polar surface area (TPSA) is 77.5 Å². The number of rotatable bonds is 5. The van der Waals surface area contributed by atoms with E-state index in [1.165, 1.54) is 20.4 Å². The van der Waals surface area contributed by atoms with Crippen LogP contribution in [0.1, 0.15) is 18.2 Å². The zero-order valence-corrected chi connectivity index (χ0v) is 11.5. The van der Waals surface area contributed by atoms with Crippen LogP contribution in [0.15, 0.2) is 11.2 Å². The van der Waals surface area contributed by atoms with Gasteiger partial charge in [-0.1, -0.05) is 0 Å². The number of hydrogen-bond donors (Lipinski definition) is 2. The van der Waals surface area contributed by atoms with Crippen LogP contribution in [-0.4, -0.2) is 35.5 Å². The highest BCUT2D eigenvalue weighted by molar-refractivity contribution is 5.78. The maximum Gasteiger partial charge on any atom is 0.435 e. The van der Waals surface area contributed by atoms with E-state index in [1.807, 2.05) is 6.92 Å². The van der Waals surface area contributed by atoms with Gasteiger partial charge in [0.1, 0.15) is 0 Å². The van der Waals surface area contributed by atoms with Crippen LogP contribution in [0, 0.1) is 0 Å². The number of nitrogens with one attached hydrogen (secondary N) is 1. The molecule has 1 atom stereocenters. The molecule has 20 heavy (non-hydrogen) atoms. The molecule has 0 saturated carbocycles. The van der Waals surface area contributed by atoms with Crippen molar-refractivity contribution in [3.05, 3.63) is 17.5 Å². The largest absolute Gasteiger partial charge is 0.435 e. The number of methoxy groups -OCH3 is 1. The Kier molecular flexibility index (Phi) is 5.37. The molecule has 1 rings (SSSR count). The Bertz CT molecular complexity index is 469. The van der Waals surface area contributed by atoms with Gasteiger partial charge in [-0.05, 0) is 6.92 Å². The maximum absolute atomic E-state index is 12.7. The number of alkyl halides is 3. The molecule has 0 aliphatic heterocycles. The number of nitrogens with two attached hydrogens (primary N) is 1. The minimum Gasteiger partial charge on any atom is -0.383 e. The lowest BCUT2D eigenvalue weighted by Gasteiger charge is -2.13. The third-order valence-electron chi connectivity index (χ3n) is 2.40.